The molecule has 0 saturated heterocycles. The predicted molar refractivity (Wildman–Crippen MR) is 136 cm³/mol. The summed E-state index contributed by atoms with van der Waals surface area (Å²) in [4.78, 5) is 24.0. The van der Waals surface area contributed by atoms with Crippen LogP contribution in [-0.2, 0) is 24.2 Å². The summed E-state index contributed by atoms with van der Waals surface area (Å²) in [6.07, 6.45) is 3.15. The van der Waals surface area contributed by atoms with Gasteiger partial charge in [0.05, 0.1) is 19.0 Å². The summed E-state index contributed by atoms with van der Waals surface area (Å²) in [5, 5.41) is 3.39. The van der Waals surface area contributed by atoms with Gasteiger partial charge >= 0.3 is 0 Å². The molecule has 7 nitrogen and oxygen atoms in total. The van der Waals surface area contributed by atoms with E-state index in [1.165, 1.54) is 24.3 Å². The summed E-state index contributed by atoms with van der Waals surface area (Å²) in [6.45, 7) is 8.95. The van der Waals surface area contributed by atoms with Crippen molar-refractivity contribution in [3.8, 4) is 22.8 Å². The number of methoxy groups -OCH3 is 1. The monoisotopic (exact) mass is 490 g/mol. The third-order valence-electron chi connectivity index (χ3n) is 6.71. The number of fused-ring (bicyclic) bond motifs is 2. The van der Waals surface area contributed by atoms with Gasteiger partial charge in [0.25, 0.3) is 5.91 Å². The van der Waals surface area contributed by atoms with Crippen molar-refractivity contribution in [2.24, 2.45) is 0 Å². The fourth-order valence-electron chi connectivity index (χ4n) is 4.88. The van der Waals surface area contributed by atoms with E-state index < -0.39 is 11.4 Å². The number of rotatable bonds is 5. The molecule has 3 aromatic rings. The van der Waals surface area contributed by atoms with Crippen molar-refractivity contribution in [2.45, 2.75) is 58.7 Å². The summed E-state index contributed by atoms with van der Waals surface area (Å²) in [6, 6.07) is 9.40. The fraction of sp³-hybridized carbons (Fsp3) is 0.393. The number of aromatic nitrogens is 2. The SMILES string of the molecule is COc1cnc(Cc2ccc3c(c2)CCNC3)nc1-c1cc(F)c2c(c1)N(C(C)C)C(=O)C(C)(C)O2. The van der Waals surface area contributed by atoms with Crippen LogP contribution in [0.25, 0.3) is 11.3 Å². The van der Waals surface area contributed by atoms with E-state index in [2.05, 4.69) is 28.5 Å². The third-order valence-corrected chi connectivity index (χ3v) is 6.71. The number of nitrogens with zero attached hydrogens (tertiary/aromatic N) is 3. The Morgan fingerprint density at radius 3 is 2.78 bits per heavy atom. The lowest BCUT2D eigenvalue weighted by molar-refractivity contribution is -0.133. The molecule has 2 aromatic carbocycles. The Hall–Kier alpha value is -3.52. The molecule has 188 valence electrons. The Kier molecular flexibility index (Phi) is 6.16. The molecule has 0 spiro atoms. The van der Waals surface area contributed by atoms with Crippen LogP contribution in [0.3, 0.4) is 0 Å². The van der Waals surface area contributed by atoms with Crippen LogP contribution in [0.1, 0.15) is 50.2 Å². The molecule has 1 amide bonds. The fourth-order valence-corrected chi connectivity index (χ4v) is 4.88. The largest absolute Gasteiger partial charge is 0.493 e. The van der Waals surface area contributed by atoms with Crippen molar-refractivity contribution in [1.82, 2.24) is 15.3 Å². The van der Waals surface area contributed by atoms with E-state index in [-0.39, 0.29) is 17.7 Å². The van der Waals surface area contributed by atoms with E-state index in [4.69, 9.17) is 14.5 Å². The minimum absolute atomic E-state index is 0.0637. The second-order valence-corrected chi connectivity index (χ2v) is 10.1. The van der Waals surface area contributed by atoms with Crippen molar-refractivity contribution in [1.29, 1.82) is 0 Å². The predicted octanol–water partition coefficient (Wildman–Crippen LogP) is 4.44. The van der Waals surface area contributed by atoms with Crippen LogP contribution >= 0.6 is 0 Å². The van der Waals surface area contributed by atoms with E-state index in [0.29, 0.717) is 34.9 Å². The Morgan fingerprint density at radius 1 is 1.22 bits per heavy atom. The lowest BCUT2D eigenvalue weighted by Crippen LogP contribution is -2.55. The smallest absolute Gasteiger partial charge is 0.270 e. The normalized spacial score (nSPS) is 16.4. The van der Waals surface area contributed by atoms with E-state index >= 15 is 4.39 Å². The van der Waals surface area contributed by atoms with E-state index in [1.54, 1.807) is 31.0 Å². The molecule has 1 N–H and O–H groups in total. The van der Waals surface area contributed by atoms with Crippen LogP contribution < -0.4 is 19.7 Å². The number of carbonyl (C=O) groups excluding carboxylic acids is 1. The topological polar surface area (TPSA) is 76.6 Å². The maximum absolute atomic E-state index is 15.4. The van der Waals surface area contributed by atoms with Crippen molar-refractivity contribution >= 4 is 11.6 Å². The average Bonchev–Trinajstić information content (AvgIpc) is 2.85. The van der Waals surface area contributed by atoms with Crippen LogP contribution in [0.4, 0.5) is 10.1 Å². The summed E-state index contributed by atoms with van der Waals surface area (Å²) in [5.41, 5.74) is 3.96. The summed E-state index contributed by atoms with van der Waals surface area (Å²) in [7, 11) is 1.53. The van der Waals surface area contributed by atoms with Gasteiger partial charge in [0.15, 0.2) is 22.9 Å². The average molecular weight is 491 g/mol. The number of nitrogens with one attached hydrogen (secondary N) is 1. The molecule has 5 rings (SSSR count). The van der Waals surface area contributed by atoms with Crippen LogP contribution in [-0.4, -0.2) is 41.2 Å². The minimum atomic E-state index is -1.16. The molecular weight excluding hydrogens is 459 g/mol. The first-order chi connectivity index (χ1) is 17.2. The minimum Gasteiger partial charge on any atom is -0.493 e. The molecule has 1 aromatic heterocycles. The van der Waals surface area contributed by atoms with Gasteiger partial charge in [0.1, 0.15) is 11.5 Å². The van der Waals surface area contributed by atoms with E-state index in [0.717, 1.165) is 25.1 Å². The highest BCUT2D eigenvalue weighted by Crippen LogP contribution is 2.44. The molecule has 2 aliphatic rings. The lowest BCUT2D eigenvalue weighted by atomic mass is 9.97. The zero-order valence-electron chi connectivity index (χ0n) is 21.3. The molecule has 0 fully saturated rings. The lowest BCUT2D eigenvalue weighted by Gasteiger charge is -2.41. The molecule has 3 heterocycles. The maximum Gasteiger partial charge on any atom is 0.270 e. The third kappa shape index (κ3) is 4.30. The van der Waals surface area contributed by atoms with Gasteiger partial charge in [0.2, 0.25) is 0 Å². The van der Waals surface area contributed by atoms with Gasteiger partial charge in [-0.25, -0.2) is 14.4 Å². The first-order valence-corrected chi connectivity index (χ1v) is 12.3. The molecule has 0 aliphatic carbocycles. The second kappa shape index (κ2) is 9.17. The number of carbonyl (C=O) groups is 1. The zero-order chi connectivity index (χ0) is 25.6. The summed E-state index contributed by atoms with van der Waals surface area (Å²) < 4.78 is 26.7. The molecule has 0 atom stereocenters. The van der Waals surface area contributed by atoms with Crippen molar-refractivity contribution < 1.29 is 18.7 Å². The molecule has 2 aliphatic heterocycles. The van der Waals surface area contributed by atoms with Crippen LogP contribution in [0.2, 0.25) is 0 Å². The van der Waals surface area contributed by atoms with Gasteiger partial charge in [-0.1, -0.05) is 18.2 Å². The number of hydrogen-bond acceptors (Lipinski definition) is 6. The molecule has 0 saturated carbocycles. The first-order valence-electron chi connectivity index (χ1n) is 12.3. The van der Waals surface area contributed by atoms with Gasteiger partial charge in [0, 0.05) is 24.6 Å². The number of amides is 1. The Morgan fingerprint density at radius 2 is 2.03 bits per heavy atom. The van der Waals surface area contributed by atoms with E-state index in [1.807, 2.05) is 13.8 Å². The number of benzene rings is 2. The Labute approximate surface area is 210 Å². The van der Waals surface area contributed by atoms with Gasteiger partial charge in [-0.15, -0.1) is 0 Å². The Bertz CT molecular complexity index is 1340. The van der Waals surface area contributed by atoms with Crippen LogP contribution in [0.5, 0.6) is 11.5 Å². The highest BCUT2D eigenvalue weighted by atomic mass is 19.1. The number of halogens is 1. The molecule has 0 radical (unpaired) electrons. The van der Waals surface area contributed by atoms with Gasteiger partial charge in [-0.2, -0.15) is 0 Å². The van der Waals surface area contributed by atoms with Gasteiger partial charge < -0.3 is 19.7 Å². The molecule has 8 heteroatoms. The summed E-state index contributed by atoms with van der Waals surface area (Å²) in [5.74, 6) is 0.314. The number of hydrogen-bond donors (Lipinski definition) is 1. The molecule has 0 bridgehead atoms. The van der Waals surface area contributed by atoms with Crippen molar-refractivity contribution in [3.05, 3.63) is 64.9 Å². The van der Waals surface area contributed by atoms with Crippen LogP contribution in [0.15, 0.2) is 36.5 Å². The van der Waals surface area contributed by atoms with E-state index in [9.17, 15) is 4.79 Å². The first kappa shape index (κ1) is 24.2. The Balaban J connectivity index is 1.55. The quantitative estimate of drug-likeness (QED) is 0.570. The van der Waals surface area contributed by atoms with Gasteiger partial charge in [-0.05, 0) is 69.5 Å². The molecule has 0 unspecified atom stereocenters. The highest BCUT2D eigenvalue weighted by Gasteiger charge is 2.43. The summed E-state index contributed by atoms with van der Waals surface area (Å²) >= 11 is 0. The molecular formula is C28H31FN4O3. The van der Waals surface area contributed by atoms with Gasteiger partial charge in [-0.3, -0.25) is 4.79 Å². The number of ether oxygens (including phenoxy) is 2. The zero-order valence-corrected chi connectivity index (χ0v) is 21.3. The highest BCUT2D eigenvalue weighted by molar-refractivity contribution is 6.03. The molecule has 36 heavy (non-hydrogen) atoms. The second-order valence-electron chi connectivity index (χ2n) is 10.1. The standard InChI is InChI=1S/C28H31FN4O3/c1-16(2)33-22-13-20(12-21(29)26(22)36-28(3,4)27(33)34)25-23(35-5)15-31-24(32-25)11-17-6-7-19-14-30-9-8-18(19)10-17/h6-7,10,12-13,15-16,30H,8-9,11,14H2,1-5H3. The van der Waals surface area contributed by atoms with Crippen molar-refractivity contribution in [2.75, 3.05) is 18.6 Å². The van der Waals surface area contributed by atoms with Crippen LogP contribution in [0, 0.1) is 5.82 Å². The maximum atomic E-state index is 15.4. The number of anilines is 1. The van der Waals surface area contributed by atoms with Crippen molar-refractivity contribution in [3.63, 3.8) is 0 Å².